The number of rotatable bonds is 6. The molecule has 0 spiro atoms. The van der Waals surface area contributed by atoms with Crippen molar-refractivity contribution in [3.05, 3.63) is 113 Å². The van der Waals surface area contributed by atoms with Crippen LogP contribution in [-0.2, 0) is 6.61 Å². The van der Waals surface area contributed by atoms with E-state index in [-0.39, 0.29) is 5.91 Å². The molecule has 4 heteroatoms. The van der Waals surface area contributed by atoms with Gasteiger partial charge in [0.2, 0.25) is 0 Å². The lowest BCUT2D eigenvalue weighted by Crippen LogP contribution is -2.17. The summed E-state index contributed by atoms with van der Waals surface area (Å²) in [6.07, 6.45) is 1.61. The first-order valence-corrected chi connectivity index (χ1v) is 9.79. The Hall–Kier alpha value is -3.92. The zero-order chi connectivity index (χ0) is 20.8. The zero-order valence-electron chi connectivity index (χ0n) is 16.7. The Bertz CT molecular complexity index is 1190. The molecule has 30 heavy (non-hydrogen) atoms. The molecular weight excluding hydrogens is 372 g/mol. The normalized spacial score (nSPS) is 11.0. The molecule has 0 aliphatic carbocycles. The van der Waals surface area contributed by atoms with Crippen LogP contribution in [0.5, 0.6) is 5.75 Å². The average Bonchev–Trinajstić information content (AvgIpc) is 2.78. The number of fused-ring (bicyclic) bond motifs is 1. The van der Waals surface area contributed by atoms with Gasteiger partial charge in [-0.05, 0) is 65.2 Å². The van der Waals surface area contributed by atoms with E-state index in [9.17, 15) is 4.79 Å². The van der Waals surface area contributed by atoms with Crippen molar-refractivity contribution >= 4 is 22.9 Å². The van der Waals surface area contributed by atoms with Crippen LogP contribution in [0.3, 0.4) is 0 Å². The van der Waals surface area contributed by atoms with Crippen molar-refractivity contribution in [2.24, 2.45) is 5.10 Å². The number of benzene rings is 4. The molecule has 0 bridgehead atoms. The van der Waals surface area contributed by atoms with Gasteiger partial charge in [-0.1, -0.05) is 60.2 Å². The van der Waals surface area contributed by atoms with Crippen LogP contribution in [0.15, 0.2) is 96.1 Å². The van der Waals surface area contributed by atoms with Crippen molar-refractivity contribution in [3.63, 3.8) is 0 Å². The minimum absolute atomic E-state index is 0.231. The van der Waals surface area contributed by atoms with Crippen LogP contribution in [-0.4, -0.2) is 12.1 Å². The molecule has 0 heterocycles. The molecule has 4 aromatic rings. The van der Waals surface area contributed by atoms with Crippen molar-refractivity contribution in [2.75, 3.05) is 0 Å². The number of hydrazone groups is 1. The number of amides is 1. The summed E-state index contributed by atoms with van der Waals surface area (Å²) in [5.74, 6) is 0.550. The molecule has 0 radical (unpaired) electrons. The van der Waals surface area contributed by atoms with Gasteiger partial charge in [0.25, 0.3) is 5.91 Å². The lowest BCUT2D eigenvalue weighted by Gasteiger charge is -2.09. The van der Waals surface area contributed by atoms with Crippen LogP contribution in [0.1, 0.15) is 27.0 Å². The average molecular weight is 394 g/mol. The molecule has 4 nitrogen and oxygen atoms in total. The first-order valence-electron chi connectivity index (χ1n) is 9.79. The van der Waals surface area contributed by atoms with Crippen molar-refractivity contribution in [3.8, 4) is 5.75 Å². The van der Waals surface area contributed by atoms with Crippen LogP contribution in [0.2, 0.25) is 0 Å². The number of carbonyl (C=O) groups excluding carboxylic acids is 1. The maximum absolute atomic E-state index is 12.1. The van der Waals surface area contributed by atoms with Crippen LogP contribution < -0.4 is 10.2 Å². The van der Waals surface area contributed by atoms with Crippen LogP contribution in [0.4, 0.5) is 0 Å². The van der Waals surface area contributed by atoms with Gasteiger partial charge in [0, 0.05) is 5.56 Å². The number of carbonyl (C=O) groups is 1. The molecule has 0 aliphatic rings. The van der Waals surface area contributed by atoms with E-state index in [2.05, 4.69) is 34.8 Å². The summed E-state index contributed by atoms with van der Waals surface area (Å²) in [7, 11) is 0. The molecule has 4 aromatic carbocycles. The summed E-state index contributed by atoms with van der Waals surface area (Å²) < 4.78 is 5.95. The molecule has 0 saturated heterocycles. The Morgan fingerprint density at radius 2 is 1.70 bits per heavy atom. The van der Waals surface area contributed by atoms with E-state index >= 15 is 0 Å². The van der Waals surface area contributed by atoms with E-state index in [4.69, 9.17) is 4.74 Å². The summed E-state index contributed by atoms with van der Waals surface area (Å²) in [5.41, 5.74) is 6.20. The van der Waals surface area contributed by atoms with Gasteiger partial charge in [0.1, 0.15) is 12.4 Å². The van der Waals surface area contributed by atoms with E-state index in [1.54, 1.807) is 12.3 Å². The van der Waals surface area contributed by atoms with E-state index in [0.29, 0.717) is 12.2 Å². The second kappa shape index (κ2) is 9.05. The highest BCUT2D eigenvalue weighted by atomic mass is 16.5. The van der Waals surface area contributed by atoms with Crippen LogP contribution >= 0.6 is 0 Å². The lowest BCUT2D eigenvalue weighted by molar-refractivity contribution is 0.0955. The van der Waals surface area contributed by atoms with Crippen molar-refractivity contribution in [1.29, 1.82) is 0 Å². The summed E-state index contributed by atoms with van der Waals surface area (Å²) in [6, 6.07) is 29.5. The topological polar surface area (TPSA) is 50.7 Å². The Labute approximate surface area is 175 Å². The molecule has 0 aliphatic heterocycles. The number of ether oxygens (including phenoxy) is 1. The monoisotopic (exact) mass is 394 g/mol. The highest BCUT2D eigenvalue weighted by Crippen LogP contribution is 2.21. The number of nitrogens with zero attached hydrogens (tertiary/aromatic N) is 1. The molecule has 0 saturated carbocycles. The smallest absolute Gasteiger partial charge is 0.271 e. The van der Waals surface area contributed by atoms with E-state index < -0.39 is 0 Å². The summed E-state index contributed by atoms with van der Waals surface area (Å²) in [5, 5.41) is 6.45. The molecule has 0 atom stereocenters. The maximum Gasteiger partial charge on any atom is 0.271 e. The first kappa shape index (κ1) is 19.4. The van der Waals surface area contributed by atoms with E-state index in [1.165, 1.54) is 10.8 Å². The third-order valence-electron chi connectivity index (χ3n) is 4.81. The minimum atomic E-state index is -0.231. The SMILES string of the molecule is Cc1cccc(C(=O)N/N=C/c2ccc(OCc3cccc4ccccc34)cc2)c1. The fourth-order valence-electron chi connectivity index (χ4n) is 3.25. The molecule has 0 fully saturated rings. The Morgan fingerprint density at radius 3 is 2.53 bits per heavy atom. The highest BCUT2D eigenvalue weighted by molar-refractivity contribution is 5.95. The van der Waals surface area contributed by atoms with Gasteiger partial charge in [-0.15, -0.1) is 0 Å². The molecule has 1 N–H and O–H groups in total. The fourth-order valence-corrected chi connectivity index (χ4v) is 3.25. The lowest BCUT2D eigenvalue weighted by atomic mass is 10.1. The van der Waals surface area contributed by atoms with Crippen molar-refractivity contribution in [1.82, 2.24) is 5.43 Å². The van der Waals surface area contributed by atoms with Gasteiger partial charge in [0.15, 0.2) is 0 Å². The quantitative estimate of drug-likeness (QED) is 0.347. The van der Waals surface area contributed by atoms with E-state index in [0.717, 1.165) is 22.4 Å². The van der Waals surface area contributed by atoms with Crippen LogP contribution in [0, 0.1) is 6.92 Å². The first-order chi connectivity index (χ1) is 14.7. The molecule has 4 rings (SSSR count). The van der Waals surface area contributed by atoms with Gasteiger partial charge in [-0.2, -0.15) is 5.10 Å². The number of hydrogen-bond donors (Lipinski definition) is 1. The number of aryl methyl sites for hydroxylation is 1. The van der Waals surface area contributed by atoms with E-state index in [1.807, 2.05) is 67.6 Å². The molecule has 0 unspecified atom stereocenters. The third kappa shape index (κ3) is 4.73. The van der Waals surface area contributed by atoms with Crippen molar-refractivity contribution in [2.45, 2.75) is 13.5 Å². The van der Waals surface area contributed by atoms with Crippen molar-refractivity contribution < 1.29 is 9.53 Å². The highest BCUT2D eigenvalue weighted by Gasteiger charge is 2.04. The standard InChI is InChI=1S/C26H22N2O2/c1-19-6-4-9-22(16-19)26(29)28-27-17-20-12-14-24(15-13-20)30-18-23-10-5-8-21-7-2-3-11-25(21)23/h2-17H,18H2,1H3,(H,28,29)/b27-17+. The summed E-state index contributed by atoms with van der Waals surface area (Å²) >= 11 is 0. The Morgan fingerprint density at radius 1 is 0.933 bits per heavy atom. The molecule has 0 aromatic heterocycles. The number of nitrogens with one attached hydrogen (secondary N) is 1. The number of hydrogen-bond acceptors (Lipinski definition) is 3. The van der Waals surface area contributed by atoms with Gasteiger partial charge >= 0.3 is 0 Å². The summed E-state index contributed by atoms with van der Waals surface area (Å²) in [6.45, 7) is 2.45. The molecule has 148 valence electrons. The summed E-state index contributed by atoms with van der Waals surface area (Å²) in [4.78, 5) is 12.1. The van der Waals surface area contributed by atoms with Crippen LogP contribution in [0.25, 0.3) is 10.8 Å². The van der Waals surface area contributed by atoms with Gasteiger partial charge in [-0.25, -0.2) is 5.43 Å². The minimum Gasteiger partial charge on any atom is -0.489 e. The largest absolute Gasteiger partial charge is 0.489 e. The third-order valence-corrected chi connectivity index (χ3v) is 4.81. The maximum atomic E-state index is 12.1. The zero-order valence-corrected chi connectivity index (χ0v) is 16.7. The molecule has 1 amide bonds. The molecular formula is C26H22N2O2. The second-order valence-corrected chi connectivity index (χ2v) is 7.06. The fraction of sp³-hybridized carbons (Fsp3) is 0.0769. The predicted octanol–water partition coefficient (Wildman–Crippen LogP) is 5.49. The second-order valence-electron chi connectivity index (χ2n) is 7.06. The van der Waals surface area contributed by atoms with Gasteiger partial charge in [-0.3, -0.25) is 4.79 Å². The Balaban J connectivity index is 1.35. The van der Waals surface area contributed by atoms with Gasteiger partial charge < -0.3 is 4.74 Å². The Kier molecular flexibility index (Phi) is 5.85. The van der Waals surface area contributed by atoms with Gasteiger partial charge in [0.05, 0.1) is 6.21 Å². The predicted molar refractivity (Wildman–Crippen MR) is 121 cm³/mol.